The summed E-state index contributed by atoms with van der Waals surface area (Å²) < 4.78 is 45.2. The van der Waals surface area contributed by atoms with E-state index in [1.54, 1.807) is 0 Å². The summed E-state index contributed by atoms with van der Waals surface area (Å²) in [7, 11) is 0. The second-order valence-corrected chi connectivity index (χ2v) is 4.83. The molecule has 0 heterocycles. The zero-order chi connectivity index (χ0) is 17.3. The number of nitrogens with one attached hydrogen (secondary N) is 1. The summed E-state index contributed by atoms with van der Waals surface area (Å²) in [6.07, 6.45) is -4.69. The van der Waals surface area contributed by atoms with Crippen LogP contribution in [0.25, 0.3) is 0 Å². The molecule has 9 heteroatoms. The fraction of sp³-hybridized carbons (Fsp3) is 0.400. The van der Waals surface area contributed by atoms with E-state index in [9.17, 15) is 13.2 Å². The molecular weight excluding hydrogens is 438 g/mol. The fourth-order valence-corrected chi connectivity index (χ4v) is 1.53. The molecule has 0 amide bonds. The van der Waals surface area contributed by atoms with Gasteiger partial charge in [-0.2, -0.15) is 0 Å². The summed E-state index contributed by atoms with van der Waals surface area (Å²) >= 11 is 0. The van der Waals surface area contributed by atoms with Gasteiger partial charge in [0.05, 0.1) is 19.8 Å². The molecule has 0 radical (unpaired) electrons. The highest BCUT2D eigenvalue weighted by atomic mass is 127. The number of ether oxygens (including phenoxy) is 2. The lowest BCUT2D eigenvalue weighted by Gasteiger charge is -2.09. The first kappa shape index (κ1) is 22.5. The minimum Gasteiger partial charge on any atom is -0.406 e. The molecule has 1 rings (SSSR count). The van der Waals surface area contributed by atoms with Crippen molar-refractivity contribution in [2.75, 3.05) is 19.8 Å². The number of nitrogens with two attached hydrogens (primary N) is 1. The van der Waals surface area contributed by atoms with Crippen molar-refractivity contribution in [3.8, 4) is 5.75 Å². The van der Waals surface area contributed by atoms with Crippen molar-refractivity contribution in [3.63, 3.8) is 0 Å². The van der Waals surface area contributed by atoms with Gasteiger partial charge in [-0.05, 0) is 24.6 Å². The van der Waals surface area contributed by atoms with E-state index in [2.05, 4.69) is 21.6 Å². The van der Waals surface area contributed by atoms with Crippen molar-refractivity contribution in [3.05, 3.63) is 42.0 Å². The molecule has 0 unspecified atom stereocenters. The van der Waals surface area contributed by atoms with Crippen molar-refractivity contribution >= 4 is 29.9 Å². The van der Waals surface area contributed by atoms with E-state index < -0.39 is 6.36 Å². The monoisotopic (exact) mass is 459 g/mol. The van der Waals surface area contributed by atoms with Crippen molar-refractivity contribution in [2.24, 2.45) is 10.7 Å². The average molecular weight is 459 g/mol. The Bertz CT molecular complexity index is 534. The van der Waals surface area contributed by atoms with Crippen LogP contribution in [0.5, 0.6) is 5.75 Å². The second kappa shape index (κ2) is 11.1. The van der Waals surface area contributed by atoms with Crippen LogP contribution in [0.1, 0.15) is 12.5 Å². The van der Waals surface area contributed by atoms with Crippen LogP contribution >= 0.6 is 24.0 Å². The maximum Gasteiger partial charge on any atom is 0.573 e. The summed E-state index contributed by atoms with van der Waals surface area (Å²) in [5.74, 6) is -0.0365. The molecule has 0 fully saturated rings. The Kier molecular flexibility index (Phi) is 10.4. The minimum absolute atomic E-state index is 0. The molecule has 0 aromatic heterocycles. The zero-order valence-corrected chi connectivity index (χ0v) is 15.6. The van der Waals surface area contributed by atoms with Crippen LogP contribution in [0.4, 0.5) is 13.2 Å². The summed E-state index contributed by atoms with van der Waals surface area (Å²) in [6.45, 7) is 7.29. The van der Waals surface area contributed by atoms with E-state index in [4.69, 9.17) is 10.5 Å². The van der Waals surface area contributed by atoms with Crippen molar-refractivity contribution in [2.45, 2.75) is 19.8 Å². The Morgan fingerprint density at radius 2 is 1.92 bits per heavy atom. The third kappa shape index (κ3) is 11.1. The number of aliphatic imine (C=N–C) groups is 1. The van der Waals surface area contributed by atoms with Crippen LogP contribution < -0.4 is 15.8 Å². The lowest BCUT2D eigenvalue weighted by molar-refractivity contribution is -0.274. The normalized spacial score (nSPS) is 11.6. The van der Waals surface area contributed by atoms with Crippen LogP contribution in [-0.2, 0) is 11.3 Å². The molecule has 3 N–H and O–H groups in total. The van der Waals surface area contributed by atoms with Gasteiger partial charge in [0.25, 0.3) is 0 Å². The summed E-state index contributed by atoms with van der Waals surface area (Å²) in [6, 6.07) is 5.45. The first-order valence-corrected chi connectivity index (χ1v) is 6.87. The molecule has 0 aliphatic rings. The number of guanidine groups is 1. The third-order valence-electron chi connectivity index (χ3n) is 2.49. The highest BCUT2D eigenvalue weighted by Crippen LogP contribution is 2.22. The minimum atomic E-state index is -4.69. The Balaban J connectivity index is 0.00000529. The smallest absolute Gasteiger partial charge is 0.406 e. The predicted octanol–water partition coefficient (Wildman–Crippen LogP) is 3.20. The molecule has 0 saturated heterocycles. The first-order valence-electron chi connectivity index (χ1n) is 6.87. The molecule has 24 heavy (non-hydrogen) atoms. The van der Waals surface area contributed by atoms with E-state index >= 15 is 0 Å². The molecule has 0 saturated carbocycles. The maximum atomic E-state index is 12.0. The van der Waals surface area contributed by atoms with E-state index in [-0.39, 0.29) is 42.2 Å². The Labute approximate surface area is 156 Å². The van der Waals surface area contributed by atoms with E-state index in [1.807, 2.05) is 6.92 Å². The molecule has 0 spiro atoms. The van der Waals surface area contributed by atoms with Gasteiger partial charge in [0, 0.05) is 6.54 Å². The molecule has 1 aromatic rings. The van der Waals surface area contributed by atoms with Gasteiger partial charge in [-0.25, -0.2) is 4.99 Å². The first-order chi connectivity index (χ1) is 10.8. The van der Waals surface area contributed by atoms with Gasteiger partial charge in [-0.15, -0.1) is 37.1 Å². The maximum absolute atomic E-state index is 12.0. The van der Waals surface area contributed by atoms with Gasteiger partial charge in [0.2, 0.25) is 0 Å². The number of hydrogen-bond donors (Lipinski definition) is 2. The van der Waals surface area contributed by atoms with Crippen LogP contribution in [-0.4, -0.2) is 32.1 Å². The van der Waals surface area contributed by atoms with Gasteiger partial charge in [0.1, 0.15) is 5.75 Å². The standard InChI is InChI=1S/C15H20F3N3O2.HI/c1-11(2)10-22-8-7-20-14(19)21-9-12-3-5-13(6-4-12)23-15(16,17)18;/h3-6H,1,7-10H2,2H3,(H3,19,20,21);1H. The van der Waals surface area contributed by atoms with Crippen LogP contribution in [0.3, 0.4) is 0 Å². The summed E-state index contributed by atoms with van der Waals surface area (Å²) in [4.78, 5) is 4.08. The number of nitrogens with zero attached hydrogens (tertiary/aromatic N) is 1. The number of benzene rings is 1. The molecular formula is C15H21F3IN3O2. The van der Waals surface area contributed by atoms with Crippen molar-refractivity contribution in [1.29, 1.82) is 0 Å². The van der Waals surface area contributed by atoms with E-state index in [1.165, 1.54) is 24.3 Å². The van der Waals surface area contributed by atoms with Crippen molar-refractivity contribution in [1.82, 2.24) is 5.32 Å². The molecule has 1 aromatic carbocycles. The number of hydrogen-bond acceptors (Lipinski definition) is 3. The average Bonchev–Trinajstić information content (AvgIpc) is 2.44. The number of alkyl halides is 3. The quantitative estimate of drug-likeness (QED) is 0.206. The van der Waals surface area contributed by atoms with Crippen molar-refractivity contribution < 1.29 is 22.6 Å². The summed E-state index contributed by atoms with van der Waals surface area (Å²) in [5, 5.41) is 2.87. The SMILES string of the molecule is C=C(C)COCCNC(N)=NCc1ccc(OC(F)(F)F)cc1.I. The second-order valence-electron chi connectivity index (χ2n) is 4.83. The van der Waals surface area contributed by atoms with E-state index in [0.29, 0.717) is 25.3 Å². The van der Waals surface area contributed by atoms with Gasteiger partial charge >= 0.3 is 6.36 Å². The highest BCUT2D eigenvalue weighted by Gasteiger charge is 2.30. The van der Waals surface area contributed by atoms with E-state index in [0.717, 1.165) is 5.57 Å². The van der Waals surface area contributed by atoms with Gasteiger partial charge < -0.3 is 20.5 Å². The lowest BCUT2D eigenvalue weighted by Crippen LogP contribution is -2.34. The Hall–Kier alpha value is -1.49. The summed E-state index contributed by atoms with van der Waals surface area (Å²) in [5.41, 5.74) is 7.31. The molecule has 136 valence electrons. The largest absolute Gasteiger partial charge is 0.573 e. The van der Waals surface area contributed by atoms with Crippen LogP contribution in [0.2, 0.25) is 0 Å². The predicted molar refractivity (Wildman–Crippen MR) is 97.5 cm³/mol. The zero-order valence-electron chi connectivity index (χ0n) is 13.2. The number of rotatable bonds is 8. The van der Waals surface area contributed by atoms with Gasteiger partial charge in [-0.1, -0.05) is 24.3 Å². The fourth-order valence-electron chi connectivity index (χ4n) is 1.53. The van der Waals surface area contributed by atoms with Crippen LogP contribution in [0.15, 0.2) is 41.4 Å². The highest BCUT2D eigenvalue weighted by molar-refractivity contribution is 14.0. The topological polar surface area (TPSA) is 68.9 Å². The third-order valence-corrected chi connectivity index (χ3v) is 2.49. The molecule has 0 atom stereocenters. The molecule has 0 aliphatic carbocycles. The number of halogens is 4. The Morgan fingerprint density at radius 3 is 2.46 bits per heavy atom. The molecule has 0 bridgehead atoms. The van der Waals surface area contributed by atoms with Crippen LogP contribution in [0, 0.1) is 0 Å². The van der Waals surface area contributed by atoms with Gasteiger partial charge in [0.15, 0.2) is 5.96 Å². The molecule has 0 aliphatic heterocycles. The lowest BCUT2D eigenvalue weighted by atomic mass is 10.2. The van der Waals surface area contributed by atoms with Gasteiger partial charge in [-0.3, -0.25) is 0 Å². The molecule has 5 nitrogen and oxygen atoms in total. The Morgan fingerprint density at radius 1 is 1.29 bits per heavy atom.